The second-order valence-electron chi connectivity index (χ2n) is 4.71. The van der Waals surface area contributed by atoms with Crippen molar-refractivity contribution in [2.24, 2.45) is 0 Å². The number of hydrogen-bond donors (Lipinski definition) is 0. The summed E-state index contributed by atoms with van der Waals surface area (Å²) in [4.78, 5) is 0. The van der Waals surface area contributed by atoms with Crippen LogP contribution in [0.4, 0.5) is 0 Å². The van der Waals surface area contributed by atoms with E-state index < -0.39 is 18.1 Å². The highest BCUT2D eigenvalue weighted by Gasteiger charge is 2.36. The average molecular weight is 311 g/mol. The van der Waals surface area contributed by atoms with Crippen molar-refractivity contribution in [1.29, 1.82) is 0 Å². The third-order valence-corrected chi connectivity index (χ3v) is 8.53. The molecule has 0 amide bonds. The minimum Gasteiger partial charge on any atom is -0.400 e. The van der Waals surface area contributed by atoms with E-state index in [1.54, 1.807) is 35.5 Å². The van der Waals surface area contributed by atoms with Gasteiger partial charge >= 0.3 is 18.1 Å². The van der Waals surface area contributed by atoms with E-state index in [0.717, 1.165) is 25.3 Å². The van der Waals surface area contributed by atoms with Crippen LogP contribution in [-0.2, 0) is 22.1 Å². The molecule has 0 aromatic rings. The SMILES string of the molecule is CO[SiH](OC)C(C)CCCCC[Si](OC)(OC)OC. The maximum absolute atomic E-state index is 5.40. The predicted molar refractivity (Wildman–Crippen MR) is 80.6 cm³/mol. The molecule has 0 saturated heterocycles. The van der Waals surface area contributed by atoms with Crippen molar-refractivity contribution < 1.29 is 22.1 Å². The fourth-order valence-corrected chi connectivity index (χ4v) is 5.66. The summed E-state index contributed by atoms with van der Waals surface area (Å²) in [6, 6.07) is 0.875. The zero-order valence-electron chi connectivity index (χ0n) is 13.2. The monoisotopic (exact) mass is 310 g/mol. The zero-order chi connectivity index (χ0) is 14.7. The minimum absolute atomic E-state index is 0.546. The summed E-state index contributed by atoms with van der Waals surface area (Å²) in [5.74, 6) is 0. The van der Waals surface area contributed by atoms with Gasteiger partial charge in [0.25, 0.3) is 0 Å². The molecular formula is C12H30O5Si2. The molecule has 0 aliphatic carbocycles. The molecule has 0 N–H and O–H groups in total. The van der Waals surface area contributed by atoms with Gasteiger partial charge in [-0.3, -0.25) is 0 Å². The van der Waals surface area contributed by atoms with E-state index in [1.165, 1.54) is 6.42 Å². The van der Waals surface area contributed by atoms with Gasteiger partial charge in [0, 0.05) is 41.6 Å². The Labute approximate surface area is 120 Å². The highest BCUT2D eigenvalue weighted by atomic mass is 28.4. The molecule has 0 aliphatic rings. The van der Waals surface area contributed by atoms with Gasteiger partial charge in [-0.1, -0.05) is 19.8 Å². The molecule has 0 aromatic heterocycles. The average Bonchev–Trinajstić information content (AvgIpc) is 2.45. The minimum atomic E-state index is -2.37. The van der Waals surface area contributed by atoms with Crippen LogP contribution >= 0.6 is 0 Å². The first-order valence-corrected chi connectivity index (χ1v) is 10.3. The summed E-state index contributed by atoms with van der Waals surface area (Å²) >= 11 is 0. The van der Waals surface area contributed by atoms with Gasteiger partial charge in [0.1, 0.15) is 0 Å². The third kappa shape index (κ3) is 6.98. The molecule has 19 heavy (non-hydrogen) atoms. The Kier molecular flexibility index (Phi) is 11.1. The quantitative estimate of drug-likeness (QED) is 0.409. The van der Waals surface area contributed by atoms with Gasteiger partial charge in [-0.05, 0) is 18.4 Å². The standard InChI is InChI=1S/C12H30O5Si2/c1-12(18(13-2)14-3)10-8-7-9-11-19(15-4,16-5)17-6/h12,18H,7-11H2,1-6H3. The van der Waals surface area contributed by atoms with Crippen LogP contribution in [0.3, 0.4) is 0 Å². The van der Waals surface area contributed by atoms with E-state index in [-0.39, 0.29) is 0 Å². The molecule has 0 fully saturated rings. The fraction of sp³-hybridized carbons (Fsp3) is 1.00. The summed E-state index contributed by atoms with van der Waals surface area (Å²) in [6.45, 7) is 2.21. The summed E-state index contributed by atoms with van der Waals surface area (Å²) in [5.41, 5.74) is 0.546. The molecule has 0 heterocycles. The first-order valence-electron chi connectivity index (χ1n) is 6.80. The normalized spacial score (nSPS) is 14.1. The van der Waals surface area contributed by atoms with Crippen LogP contribution in [0.5, 0.6) is 0 Å². The second-order valence-corrected chi connectivity index (χ2v) is 10.6. The summed E-state index contributed by atoms with van der Waals surface area (Å²) in [5, 5.41) is 0. The first-order chi connectivity index (χ1) is 9.09. The van der Waals surface area contributed by atoms with Crippen molar-refractivity contribution in [3.63, 3.8) is 0 Å². The van der Waals surface area contributed by atoms with Crippen molar-refractivity contribution in [1.82, 2.24) is 0 Å². The predicted octanol–water partition coefficient (Wildman–Crippen LogP) is 2.33. The first kappa shape index (κ1) is 19.2. The maximum atomic E-state index is 5.40. The van der Waals surface area contributed by atoms with Crippen LogP contribution in [0.15, 0.2) is 0 Å². The number of hydrogen-bond acceptors (Lipinski definition) is 5. The molecule has 1 atom stereocenters. The second kappa shape index (κ2) is 11.0. The molecule has 0 rings (SSSR count). The van der Waals surface area contributed by atoms with Gasteiger partial charge < -0.3 is 22.1 Å². The third-order valence-electron chi connectivity index (χ3n) is 3.50. The van der Waals surface area contributed by atoms with Gasteiger partial charge in [0.15, 0.2) is 0 Å². The Balaban J connectivity index is 3.80. The van der Waals surface area contributed by atoms with Crippen molar-refractivity contribution in [3.8, 4) is 0 Å². The van der Waals surface area contributed by atoms with Gasteiger partial charge in [0.05, 0.1) is 0 Å². The van der Waals surface area contributed by atoms with Crippen molar-refractivity contribution in [2.75, 3.05) is 35.5 Å². The van der Waals surface area contributed by atoms with Crippen LogP contribution in [0.1, 0.15) is 32.6 Å². The highest BCUT2D eigenvalue weighted by molar-refractivity contribution is 6.60. The van der Waals surface area contributed by atoms with Gasteiger partial charge in [0.2, 0.25) is 0 Å². The largest absolute Gasteiger partial charge is 0.500 e. The van der Waals surface area contributed by atoms with Crippen LogP contribution < -0.4 is 0 Å². The molecular weight excluding hydrogens is 280 g/mol. The molecule has 0 aliphatic heterocycles. The van der Waals surface area contributed by atoms with Crippen molar-refractivity contribution >= 4 is 18.1 Å². The molecule has 0 radical (unpaired) electrons. The molecule has 0 spiro atoms. The smallest absolute Gasteiger partial charge is 0.400 e. The maximum Gasteiger partial charge on any atom is 0.500 e. The summed E-state index contributed by atoms with van der Waals surface area (Å²) in [6.07, 6.45) is 4.56. The summed E-state index contributed by atoms with van der Waals surface area (Å²) in [7, 11) is 4.64. The summed E-state index contributed by atoms with van der Waals surface area (Å²) < 4.78 is 27.0. The lowest BCUT2D eigenvalue weighted by Gasteiger charge is -2.24. The number of unbranched alkanes of at least 4 members (excludes halogenated alkanes) is 2. The lowest BCUT2D eigenvalue weighted by Crippen LogP contribution is -2.42. The van der Waals surface area contributed by atoms with Gasteiger partial charge in [-0.2, -0.15) is 0 Å². The fourth-order valence-electron chi connectivity index (χ4n) is 2.24. The van der Waals surface area contributed by atoms with Crippen LogP contribution in [0, 0.1) is 0 Å². The molecule has 116 valence electrons. The Hall–Kier alpha value is 0.234. The van der Waals surface area contributed by atoms with E-state index in [4.69, 9.17) is 22.1 Å². The van der Waals surface area contributed by atoms with E-state index in [9.17, 15) is 0 Å². The van der Waals surface area contributed by atoms with Crippen molar-refractivity contribution in [2.45, 2.75) is 44.2 Å². The van der Waals surface area contributed by atoms with Crippen molar-refractivity contribution in [3.05, 3.63) is 0 Å². The molecule has 0 bridgehead atoms. The van der Waals surface area contributed by atoms with E-state index in [0.29, 0.717) is 5.54 Å². The lowest BCUT2D eigenvalue weighted by atomic mass is 10.2. The molecule has 5 nitrogen and oxygen atoms in total. The molecule has 7 heteroatoms. The van der Waals surface area contributed by atoms with E-state index in [1.807, 2.05) is 0 Å². The number of rotatable bonds is 12. The highest BCUT2D eigenvalue weighted by Crippen LogP contribution is 2.22. The zero-order valence-corrected chi connectivity index (χ0v) is 15.4. The van der Waals surface area contributed by atoms with E-state index in [2.05, 4.69) is 6.92 Å². The van der Waals surface area contributed by atoms with Gasteiger partial charge in [-0.25, -0.2) is 0 Å². The Morgan fingerprint density at radius 3 is 1.79 bits per heavy atom. The Morgan fingerprint density at radius 1 is 0.842 bits per heavy atom. The van der Waals surface area contributed by atoms with Crippen LogP contribution in [0.25, 0.3) is 0 Å². The topological polar surface area (TPSA) is 46.2 Å². The lowest BCUT2D eigenvalue weighted by molar-refractivity contribution is 0.122. The molecule has 1 unspecified atom stereocenters. The Morgan fingerprint density at radius 2 is 1.37 bits per heavy atom. The molecule has 0 aromatic carbocycles. The van der Waals surface area contributed by atoms with Gasteiger partial charge in [-0.15, -0.1) is 0 Å². The van der Waals surface area contributed by atoms with Crippen LogP contribution in [0.2, 0.25) is 11.6 Å². The van der Waals surface area contributed by atoms with Crippen LogP contribution in [-0.4, -0.2) is 53.6 Å². The molecule has 0 saturated carbocycles. The Bertz CT molecular complexity index is 202. The van der Waals surface area contributed by atoms with E-state index >= 15 is 0 Å².